The number of carboxylic acid groups (broad SMARTS) is 1. The van der Waals surface area contributed by atoms with Gasteiger partial charge in [-0.3, -0.25) is 0 Å². The largest absolute Gasteiger partial charge is 0.478 e. The van der Waals surface area contributed by atoms with Crippen molar-refractivity contribution < 1.29 is 14.3 Å². The highest BCUT2D eigenvalue weighted by atomic mass is 16.4. The minimum atomic E-state index is -0.972. The van der Waals surface area contributed by atoms with Gasteiger partial charge in [-0.2, -0.15) is 0 Å². The molecule has 0 aliphatic carbocycles. The van der Waals surface area contributed by atoms with Crippen LogP contribution in [0.25, 0.3) is 33.7 Å². The highest BCUT2D eigenvalue weighted by Crippen LogP contribution is 2.34. The number of carboxylic acids is 1. The molecule has 0 spiro atoms. The second kappa shape index (κ2) is 6.57. The number of hydrogen-bond donors (Lipinski definition) is 1. The number of anilines is 1. The van der Waals surface area contributed by atoms with Crippen molar-refractivity contribution in [1.82, 2.24) is 10.2 Å². The molecule has 0 radical (unpaired) electrons. The second-order valence-electron chi connectivity index (χ2n) is 6.37. The molecule has 0 fully saturated rings. The van der Waals surface area contributed by atoms with Crippen molar-refractivity contribution in [3.8, 4) is 22.9 Å². The Morgan fingerprint density at radius 3 is 2.22 bits per heavy atom. The summed E-state index contributed by atoms with van der Waals surface area (Å²) in [7, 11) is 4.01. The second-order valence-corrected chi connectivity index (χ2v) is 6.37. The van der Waals surface area contributed by atoms with E-state index in [-0.39, 0.29) is 5.56 Å². The summed E-state index contributed by atoms with van der Waals surface area (Å²) in [5.74, 6) is -0.197. The van der Waals surface area contributed by atoms with E-state index in [1.54, 1.807) is 12.1 Å². The lowest BCUT2D eigenvalue weighted by Crippen LogP contribution is -2.09. The van der Waals surface area contributed by atoms with Gasteiger partial charge in [-0.15, -0.1) is 10.2 Å². The number of rotatable bonds is 4. The Labute approximate surface area is 155 Å². The SMILES string of the molecule is CN(C)c1ccc(-c2nnc(-c3ccc(C(=O)O)cc3)o2)c2ccccc12. The molecular weight excluding hydrogens is 342 g/mol. The molecule has 0 unspecified atom stereocenters. The summed E-state index contributed by atoms with van der Waals surface area (Å²) in [6.07, 6.45) is 0. The van der Waals surface area contributed by atoms with Crippen LogP contribution < -0.4 is 4.90 Å². The molecule has 0 aliphatic heterocycles. The maximum atomic E-state index is 11.0. The van der Waals surface area contributed by atoms with E-state index in [0.717, 1.165) is 22.0 Å². The third kappa shape index (κ3) is 3.01. The van der Waals surface area contributed by atoms with Crippen LogP contribution in [0.5, 0.6) is 0 Å². The minimum absolute atomic E-state index is 0.212. The summed E-state index contributed by atoms with van der Waals surface area (Å²) in [5, 5.41) is 19.5. The average molecular weight is 359 g/mol. The van der Waals surface area contributed by atoms with Gasteiger partial charge in [0.25, 0.3) is 0 Å². The first-order valence-electron chi connectivity index (χ1n) is 8.41. The van der Waals surface area contributed by atoms with Crippen molar-refractivity contribution in [2.75, 3.05) is 19.0 Å². The Hall–Kier alpha value is -3.67. The molecule has 3 aromatic carbocycles. The number of nitrogens with zero attached hydrogens (tertiary/aromatic N) is 3. The Balaban J connectivity index is 1.78. The molecule has 1 heterocycles. The number of carbonyl (C=O) groups is 1. The van der Waals surface area contributed by atoms with E-state index in [0.29, 0.717) is 17.3 Å². The van der Waals surface area contributed by atoms with E-state index in [4.69, 9.17) is 9.52 Å². The lowest BCUT2D eigenvalue weighted by Gasteiger charge is -2.16. The first-order valence-corrected chi connectivity index (χ1v) is 8.41. The molecule has 6 nitrogen and oxygen atoms in total. The fourth-order valence-electron chi connectivity index (χ4n) is 3.06. The van der Waals surface area contributed by atoms with Gasteiger partial charge in [-0.05, 0) is 41.8 Å². The molecule has 4 aromatic rings. The first kappa shape index (κ1) is 16.8. The van der Waals surface area contributed by atoms with Gasteiger partial charge in [0.2, 0.25) is 11.8 Å². The summed E-state index contributed by atoms with van der Waals surface area (Å²) in [6, 6.07) is 18.4. The van der Waals surface area contributed by atoms with Crippen LogP contribution in [-0.4, -0.2) is 35.4 Å². The summed E-state index contributed by atoms with van der Waals surface area (Å²) in [4.78, 5) is 13.0. The topological polar surface area (TPSA) is 79.5 Å². The van der Waals surface area contributed by atoms with E-state index in [1.807, 2.05) is 44.4 Å². The van der Waals surface area contributed by atoms with Crippen molar-refractivity contribution in [1.29, 1.82) is 0 Å². The zero-order valence-electron chi connectivity index (χ0n) is 14.9. The van der Waals surface area contributed by atoms with Crippen LogP contribution in [0.3, 0.4) is 0 Å². The van der Waals surface area contributed by atoms with Gasteiger partial charge in [0.15, 0.2) is 0 Å². The molecule has 134 valence electrons. The number of aromatic carboxylic acids is 1. The average Bonchev–Trinajstić information content (AvgIpc) is 3.17. The molecular formula is C21H17N3O3. The molecule has 0 saturated heterocycles. The molecule has 0 amide bonds. The Morgan fingerprint density at radius 2 is 1.56 bits per heavy atom. The molecule has 0 aliphatic rings. The minimum Gasteiger partial charge on any atom is -0.478 e. The molecule has 0 bridgehead atoms. The third-order valence-electron chi connectivity index (χ3n) is 4.42. The molecule has 0 saturated carbocycles. The highest BCUT2D eigenvalue weighted by Gasteiger charge is 2.15. The lowest BCUT2D eigenvalue weighted by molar-refractivity contribution is 0.0697. The van der Waals surface area contributed by atoms with E-state index in [2.05, 4.69) is 21.2 Å². The van der Waals surface area contributed by atoms with E-state index in [9.17, 15) is 4.79 Å². The first-order chi connectivity index (χ1) is 13.0. The van der Waals surface area contributed by atoms with Crippen LogP contribution in [0, 0.1) is 0 Å². The van der Waals surface area contributed by atoms with Crippen LogP contribution in [0.4, 0.5) is 5.69 Å². The predicted octanol–water partition coefficient (Wildman–Crippen LogP) is 4.32. The quantitative estimate of drug-likeness (QED) is 0.584. The Morgan fingerprint density at radius 1 is 0.889 bits per heavy atom. The summed E-state index contributed by atoms with van der Waals surface area (Å²) in [5.41, 5.74) is 2.85. The zero-order valence-corrected chi connectivity index (χ0v) is 14.9. The summed E-state index contributed by atoms with van der Waals surface area (Å²) >= 11 is 0. The molecule has 0 atom stereocenters. The Kier molecular flexibility index (Phi) is 4.08. The number of hydrogen-bond acceptors (Lipinski definition) is 5. The number of fused-ring (bicyclic) bond motifs is 1. The van der Waals surface area contributed by atoms with Crippen LogP contribution in [0.2, 0.25) is 0 Å². The summed E-state index contributed by atoms with van der Waals surface area (Å²) < 4.78 is 5.88. The van der Waals surface area contributed by atoms with Crippen molar-refractivity contribution in [2.45, 2.75) is 0 Å². The van der Waals surface area contributed by atoms with Gasteiger partial charge < -0.3 is 14.4 Å². The molecule has 6 heteroatoms. The van der Waals surface area contributed by atoms with Gasteiger partial charge in [-0.25, -0.2) is 4.79 Å². The number of benzene rings is 3. The van der Waals surface area contributed by atoms with Crippen molar-refractivity contribution in [3.05, 3.63) is 66.2 Å². The fourth-order valence-corrected chi connectivity index (χ4v) is 3.06. The van der Waals surface area contributed by atoms with Crippen LogP contribution in [-0.2, 0) is 0 Å². The van der Waals surface area contributed by atoms with Gasteiger partial charge in [0, 0.05) is 36.3 Å². The van der Waals surface area contributed by atoms with Gasteiger partial charge >= 0.3 is 5.97 Å². The maximum absolute atomic E-state index is 11.0. The predicted molar refractivity (Wildman–Crippen MR) is 104 cm³/mol. The molecule has 4 rings (SSSR count). The molecule has 1 N–H and O–H groups in total. The van der Waals surface area contributed by atoms with Crippen molar-refractivity contribution in [2.24, 2.45) is 0 Å². The van der Waals surface area contributed by atoms with Crippen molar-refractivity contribution >= 4 is 22.4 Å². The molecule has 1 aromatic heterocycles. The zero-order chi connectivity index (χ0) is 19.0. The fraction of sp³-hybridized carbons (Fsp3) is 0.0952. The standard InChI is InChI=1S/C21H17N3O3/c1-24(2)18-12-11-17(15-5-3-4-6-16(15)18)20-23-22-19(27-20)13-7-9-14(10-8-13)21(25)26/h3-12H,1-2H3,(H,25,26). The van der Waals surface area contributed by atoms with Gasteiger partial charge in [-0.1, -0.05) is 24.3 Å². The van der Waals surface area contributed by atoms with Crippen LogP contribution in [0.1, 0.15) is 10.4 Å². The smallest absolute Gasteiger partial charge is 0.335 e. The van der Waals surface area contributed by atoms with Crippen LogP contribution in [0.15, 0.2) is 65.1 Å². The van der Waals surface area contributed by atoms with Crippen molar-refractivity contribution in [3.63, 3.8) is 0 Å². The molecule has 27 heavy (non-hydrogen) atoms. The maximum Gasteiger partial charge on any atom is 0.335 e. The summed E-state index contributed by atoms with van der Waals surface area (Å²) in [6.45, 7) is 0. The lowest BCUT2D eigenvalue weighted by atomic mass is 10.0. The monoisotopic (exact) mass is 359 g/mol. The normalized spacial score (nSPS) is 10.9. The number of aromatic nitrogens is 2. The van der Waals surface area contributed by atoms with E-state index in [1.165, 1.54) is 12.1 Å². The highest BCUT2D eigenvalue weighted by molar-refractivity contribution is 6.02. The van der Waals surface area contributed by atoms with Crippen LogP contribution >= 0.6 is 0 Å². The third-order valence-corrected chi connectivity index (χ3v) is 4.42. The van der Waals surface area contributed by atoms with E-state index < -0.39 is 5.97 Å². The van der Waals surface area contributed by atoms with E-state index >= 15 is 0 Å². The van der Waals surface area contributed by atoms with Gasteiger partial charge in [0.05, 0.1) is 5.56 Å². The van der Waals surface area contributed by atoms with Gasteiger partial charge in [0.1, 0.15) is 0 Å². The Bertz CT molecular complexity index is 1130.